The summed E-state index contributed by atoms with van der Waals surface area (Å²) in [6, 6.07) is 10.2. The van der Waals surface area contributed by atoms with E-state index in [-0.39, 0.29) is 12.4 Å². The van der Waals surface area contributed by atoms with Crippen LogP contribution in [0.2, 0.25) is 0 Å². The number of hydrogen-bond acceptors (Lipinski definition) is 2. The molecule has 0 radical (unpaired) electrons. The van der Waals surface area contributed by atoms with Crippen LogP contribution < -0.4 is 5.32 Å². The first-order valence-corrected chi connectivity index (χ1v) is 6.67. The number of halogens is 2. The van der Waals surface area contributed by atoms with Gasteiger partial charge in [-0.2, -0.15) is 0 Å². The van der Waals surface area contributed by atoms with Gasteiger partial charge in [0.15, 0.2) is 0 Å². The van der Waals surface area contributed by atoms with E-state index in [0.717, 1.165) is 34.6 Å². The number of furan rings is 1. The Morgan fingerprint density at radius 1 is 1.32 bits per heavy atom. The molecule has 0 amide bonds. The van der Waals surface area contributed by atoms with E-state index in [0.29, 0.717) is 0 Å². The summed E-state index contributed by atoms with van der Waals surface area (Å²) in [5.41, 5.74) is 2.33. The van der Waals surface area contributed by atoms with Crippen molar-refractivity contribution in [3.8, 4) is 11.3 Å². The molecule has 0 aliphatic carbocycles. The molecule has 0 fully saturated rings. The zero-order chi connectivity index (χ0) is 13.0. The minimum absolute atomic E-state index is 0. The Hall–Kier alpha value is -1.03. The van der Waals surface area contributed by atoms with E-state index in [1.807, 2.05) is 24.3 Å². The van der Waals surface area contributed by atoms with Crippen LogP contribution in [0.15, 0.2) is 51.9 Å². The van der Waals surface area contributed by atoms with Gasteiger partial charge in [-0.1, -0.05) is 22.0 Å². The van der Waals surface area contributed by atoms with Crippen molar-refractivity contribution in [2.75, 3.05) is 6.54 Å². The molecule has 102 valence electrons. The van der Waals surface area contributed by atoms with Crippen LogP contribution in [0.1, 0.15) is 11.3 Å². The van der Waals surface area contributed by atoms with Crippen LogP contribution in [-0.2, 0) is 6.54 Å². The number of aryl methyl sites for hydroxylation is 1. The molecule has 0 saturated carbocycles. The van der Waals surface area contributed by atoms with Crippen molar-refractivity contribution in [1.29, 1.82) is 0 Å². The summed E-state index contributed by atoms with van der Waals surface area (Å²) < 4.78 is 6.91. The lowest BCUT2D eigenvalue weighted by Crippen LogP contribution is -2.11. The second kappa shape index (κ2) is 7.53. The summed E-state index contributed by atoms with van der Waals surface area (Å²) in [6.45, 7) is 7.26. The Morgan fingerprint density at radius 3 is 2.79 bits per heavy atom. The average molecular weight is 343 g/mol. The minimum Gasteiger partial charge on any atom is -0.460 e. The molecule has 2 aromatic rings. The van der Waals surface area contributed by atoms with Gasteiger partial charge in [-0.25, -0.2) is 0 Å². The summed E-state index contributed by atoms with van der Waals surface area (Å²) >= 11 is 3.47. The normalized spacial score (nSPS) is 10.0. The van der Waals surface area contributed by atoms with E-state index in [2.05, 4.69) is 46.9 Å². The summed E-state index contributed by atoms with van der Waals surface area (Å²) in [5, 5.41) is 3.22. The first kappa shape index (κ1) is 16.0. The van der Waals surface area contributed by atoms with Crippen LogP contribution in [0.25, 0.3) is 11.3 Å². The molecule has 4 heteroatoms. The third-order valence-electron chi connectivity index (χ3n) is 2.70. The molecule has 0 atom stereocenters. The van der Waals surface area contributed by atoms with Crippen molar-refractivity contribution in [3.05, 3.63) is 58.8 Å². The number of nitrogens with one attached hydrogen (secondary N) is 1. The van der Waals surface area contributed by atoms with Gasteiger partial charge < -0.3 is 9.73 Å². The Labute approximate surface area is 128 Å². The van der Waals surface area contributed by atoms with Crippen molar-refractivity contribution < 1.29 is 4.42 Å². The standard InChI is InChI=1S/C15H16BrNO.ClH/c1-3-8-17-10-13-5-7-15(18-13)14-6-4-12(16)9-11(14)2;/h3-7,9,17H,1,8,10H2,2H3;1H. The van der Waals surface area contributed by atoms with E-state index in [4.69, 9.17) is 4.42 Å². The highest BCUT2D eigenvalue weighted by Gasteiger charge is 2.07. The molecular weight excluding hydrogens is 326 g/mol. The molecule has 19 heavy (non-hydrogen) atoms. The predicted molar refractivity (Wildman–Crippen MR) is 85.7 cm³/mol. The fourth-order valence-electron chi connectivity index (χ4n) is 1.82. The van der Waals surface area contributed by atoms with Gasteiger partial charge >= 0.3 is 0 Å². The number of rotatable bonds is 5. The van der Waals surface area contributed by atoms with E-state index in [1.54, 1.807) is 0 Å². The molecule has 0 aliphatic rings. The monoisotopic (exact) mass is 341 g/mol. The van der Waals surface area contributed by atoms with Crippen molar-refractivity contribution in [1.82, 2.24) is 5.32 Å². The molecule has 2 rings (SSSR count). The van der Waals surface area contributed by atoms with E-state index >= 15 is 0 Å². The lowest BCUT2D eigenvalue weighted by molar-refractivity contribution is 0.501. The van der Waals surface area contributed by atoms with Gasteiger partial charge in [-0.15, -0.1) is 19.0 Å². The highest BCUT2D eigenvalue weighted by molar-refractivity contribution is 9.10. The Balaban J connectivity index is 0.00000180. The summed E-state index contributed by atoms with van der Waals surface area (Å²) in [7, 11) is 0. The van der Waals surface area contributed by atoms with Crippen LogP contribution in [0.4, 0.5) is 0 Å². The van der Waals surface area contributed by atoms with Crippen molar-refractivity contribution >= 4 is 28.3 Å². The molecule has 0 aliphatic heterocycles. The van der Waals surface area contributed by atoms with Gasteiger partial charge in [0.05, 0.1) is 6.54 Å². The minimum atomic E-state index is 0. The molecule has 0 bridgehead atoms. The first-order chi connectivity index (χ1) is 8.70. The van der Waals surface area contributed by atoms with Gasteiger partial charge in [-0.3, -0.25) is 0 Å². The van der Waals surface area contributed by atoms with Gasteiger partial charge in [0.1, 0.15) is 11.5 Å². The Kier molecular flexibility index (Phi) is 6.35. The highest BCUT2D eigenvalue weighted by Crippen LogP contribution is 2.27. The molecule has 2 nitrogen and oxygen atoms in total. The molecule has 0 saturated heterocycles. The van der Waals surface area contributed by atoms with Crippen molar-refractivity contribution in [2.24, 2.45) is 0 Å². The molecule has 0 unspecified atom stereocenters. The van der Waals surface area contributed by atoms with Crippen molar-refractivity contribution in [2.45, 2.75) is 13.5 Å². The topological polar surface area (TPSA) is 25.2 Å². The summed E-state index contributed by atoms with van der Waals surface area (Å²) in [6.07, 6.45) is 1.84. The Bertz CT molecular complexity index is 551. The smallest absolute Gasteiger partial charge is 0.134 e. The maximum absolute atomic E-state index is 5.82. The third-order valence-corrected chi connectivity index (χ3v) is 3.20. The lowest BCUT2D eigenvalue weighted by atomic mass is 10.1. The van der Waals surface area contributed by atoms with E-state index < -0.39 is 0 Å². The van der Waals surface area contributed by atoms with Gasteiger partial charge in [0.25, 0.3) is 0 Å². The Morgan fingerprint density at radius 2 is 2.11 bits per heavy atom. The fourth-order valence-corrected chi connectivity index (χ4v) is 2.29. The first-order valence-electron chi connectivity index (χ1n) is 5.87. The van der Waals surface area contributed by atoms with Crippen LogP contribution in [0, 0.1) is 6.92 Å². The van der Waals surface area contributed by atoms with Crippen molar-refractivity contribution in [3.63, 3.8) is 0 Å². The van der Waals surface area contributed by atoms with Crippen LogP contribution in [-0.4, -0.2) is 6.54 Å². The van der Waals surface area contributed by atoms with Crippen LogP contribution in [0.3, 0.4) is 0 Å². The molecule has 0 spiro atoms. The van der Waals surface area contributed by atoms with Crippen LogP contribution >= 0.6 is 28.3 Å². The zero-order valence-electron chi connectivity index (χ0n) is 10.8. The van der Waals surface area contributed by atoms with Gasteiger partial charge in [-0.05, 0) is 42.8 Å². The third kappa shape index (κ3) is 4.23. The summed E-state index contributed by atoms with van der Waals surface area (Å²) in [4.78, 5) is 0. The second-order valence-electron chi connectivity index (χ2n) is 4.14. The molecule has 1 aromatic carbocycles. The fraction of sp³-hybridized carbons (Fsp3) is 0.200. The van der Waals surface area contributed by atoms with E-state index in [9.17, 15) is 0 Å². The highest BCUT2D eigenvalue weighted by atomic mass is 79.9. The van der Waals surface area contributed by atoms with E-state index in [1.165, 1.54) is 5.56 Å². The maximum Gasteiger partial charge on any atom is 0.134 e. The SMILES string of the molecule is C=CCNCc1ccc(-c2ccc(Br)cc2C)o1.Cl. The second-order valence-corrected chi connectivity index (χ2v) is 5.06. The molecular formula is C15H17BrClNO. The maximum atomic E-state index is 5.82. The molecule has 1 aromatic heterocycles. The predicted octanol–water partition coefficient (Wildman–Crippen LogP) is 4.71. The number of benzene rings is 1. The van der Waals surface area contributed by atoms with Gasteiger partial charge in [0.2, 0.25) is 0 Å². The van der Waals surface area contributed by atoms with Gasteiger partial charge in [0, 0.05) is 16.6 Å². The summed E-state index contributed by atoms with van der Waals surface area (Å²) in [5.74, 6) is 1.85. The molecule has 1 heterocycles. The number of hydrogen-bond donors (Lipinski definition) is 1. The average Bonchev–Trinajstić information content (AvgIpc) is 2.78. The lowest BCUT2D eigenvalue weighted by Gasteiger charge is -2.03. The van der Waals surface area contributed by atoms with Crippen LogP contribution in [0.5, 0.6) is 0 Å². The molecule has 1 N–H and O–H groups in total. The quantitative estimate of drug-likeness (QED) is 0.628. The largest absolute Gasteiger partial charge is 0.460 e. The zero-order valence-corrected chi connectivity index (χ0v) is 13.2.